The van der Waals surface area contributed by atoms with Crippen LogP contribution in [-0.2, 0) is 0 Å². The lowest BCUT2D eigenvalue weighted by atomic mass is 10.1. The highest BCUT2D eigenvalue weighted by atomic mass is 35.7. The molecule has 0 bridgehead atoms. The Kier molecular flexibility index (Phi) is 7.55. The molecule has 0 saturated heterocycles. The molecule has 1 unspecified atom stereocenters. The minimum absolute atomic E-state index is 0.641. The first kappa shape index (κ1) is 11.5. The zero-order chi connectivity index (χ0) is 8.69. The molecule has 66 valence electrons. The van der Waals surface area contributed by atoms with Gasteiger partial charge in [0.2, 0.25) is 7.42 Å². The number of halogens is 2. The quantitative estimate of drug-likeness (QED) is 0.369. The standard InChI is InChI=1S/C8H16Cl2Si/c1-3-4-5-8(2)6-7-11(9)10/h4-5,8,11H,3,6-7H2,1-2H3. The van der Waals surface area contributed by atoms with Crippen molar-refractivity contribution in [1.29, 1.82) is 0 Å². The first-order chi connectivity index (χ1) is 5.16. The van der Waals surface area contributed by atoms with Crippen molar-refractivity contribution in [3.8, 4) is 0 Å². The van der Waals surface area contributed by atoms with E-state index >= 15 is 0 Å². The van der Waals surface area contributed by atoms with Crippen LogP contribution in [-0.4, -0.2) is 7.42 Å². The highest BCUT2D eigenvalue weighted by molar-refractivity contribution is 7.33. The van der Waals surface area contributed by atoms with E-state index in [2.05, 4.69) is 26.0 Å². The summed E-state index contributed by atoms with van der Waals surface area (Å²) in [6, 6.07) is 1.03. The van der Waals surface area contributed by atoms with Crippen molar-refractivity contribution in [1.82, 2.24) is 0 Å². The van der Waals surface area contributed by atoms with Crippen molar-refractivity contribution in [2.24, 2.45) is 5.92 Å². The molecule has 0 aliphatic rings. The average molecular weight is 211 g/mol. The predicted molar refractivity (Wildman–Crippen MR) is 56.9 cm³/mol. The van der Waals surface area contributed by atoms with E-state index in [-0.39, 0.29) is 0 Å². The second-order valence-electron chi connectivity index (χ2n) is 2.78. The predicted octanol–water partition coefficient (Wildman–Crippen LogP) is 3.68. The number of allylic oxidation sites excluding steroid dienone is 2. The molecule has 3 heteroatoms. The monoisotopic (exact) mass is 210 g/mol. The highest BCUT2D eigenvalue weighted by Crippen LogP contribution is 2.13. The Morgan fingerprint density at radius 1 is 1.45 bits per heavy atom. The summed E-state index contributed by atoms with van der Waals surface area (Å²) in [5, 5.41) is 0. The molecule has 0 nitrogen and oxygen atoms in total. The lowest BCUT2D eigenvalue weighted by Crippen LogP contribution is -1.96. The van der Waals surface area contributed by atoms with Gasteiger partial charge in [-0.3, -0.25) is 0 Å². The van der Waals surface area contributed by atoms with Gasteiger partial charge in [-0.15, -0.1) is 0 Å². The fourth-order valence-corrected chi connectivity index (χ4v) is 2.39. The molecular weight excluding hydrogens is 195 g/mol. The minimum atomic E-state index is -1.35. The fraction of sp³-hybridized carbons (Fsp3) is 0.750. The maximum Gasteiger partial charge on any atom is 0.237 e. The lowest BCUT2D eigenvalue weighted by Gasteiger charge is -2.04. The van der Waals surface area contributed by atoms with E-state index in [4.69, 9.17) is 22.2 Å². The van der Waals surface area contributed by atoms with Crippen LogP contribution < -0.4 is 0 Å². The van der Waals surface area contributed by atoms with Crippen molar-refractivity contribution >= 4 is 29.6 Å². The normalized spacial score (nSPS) is 14.6. The maximum atomic E-state index is 5.74. The zero-order valence-electron chi connectivity index (χ0n) is 7.19. The van der Waals surface area contributed by atoms with Crippen LogP contribution in [0.1, 0.15) is 26.7 Å². The molecule has 0 fully saturated rings. The lowest BCUT2D eigenvalue weighted by molar-refractivity contribution is 0.693. The summed E-state index contributed by atoms with van der Waals surface area (Å²) in [6.07, 6.45) is 6.70. The van der Waals surface area contributed by atoms with Crippen LogP contribution in [0.2, 0.25) is 6.04 Å². The summed E-state index contributed by atoms with van der Waals surface area (Å²) >= 11 is 11.5. The molecule has 0 heterocycles. The molecule has 11 heavy (non-hydrogen) atoms. The van der Waals surface area contributed by atoms with Crippen LogP contribution in [0.5, 0.6) is 0 Å². The van der Waals surface area contributed by atoms with E-state index in [9.17, 15) is 0 Å². The Morgan fingerprint density at radius 2 is 2.09 bits per heavy atom. The molecule has 0 aliphatic carbocycles. The second kappa shape index (κ2) is 7.20. The fourth-order valence-electron chi connectivity index (χ4n) is 0.853. The zero-order valence-corrected chi connectivity index (χ0v) is 9.85. The average Bonchev–Trinajstić information content (AvgIpc) is 1.97. The third-order valence-electron chi connectivity index (χ3n) is 1.54. The SMILES string of the molecule is CCC=CC(C)CC[SiH](Cl)Cl. The number of hydrogen-bond acceptors (Lipinski definition) is 0. The smallest absolute Gasteiger partial charge is 0.150 e. The molecule has 0 aromatic rings. The summed E-state index contributed by atoms with van der Waals surface area (Å²) in [5.41, 5.74) is 0. The largest absolute Gasteiger partial charge is 0.237 e. The third-order valence-corrected chi connectivity index (χ3v) is 3.62. The van der Waals surface area contributed by atoms with Crippen molar-refractivity contribution in [2.45, 2.75) is 32.7 Å². The van der Waals surface area contributed by atoms with Crippen molar-refractivity contribution in [3.05, 3.63) is 12.2 Å². The Labute approximate surface area is 80.6 Å². The first-order valence-electron chi connectivity index (χ1n) is 4.11. The summed E-state index contributed by atoms with van der Waals surface area (Å²) < 4.78 is 0. The van der Waals surface area contributed by atoms with Crippen molar-refractivity contribution in [3.63, 3.8) is 0 Å². The second-order valence-corrected chi connectivity index (χ2v) is 7.97. The van der Waals surface area contributed by atoms with Gasteiger partial charge in [-0.25, -0.2) is 0 Å². The van der Waals surface area contributed by atoms with Crippen LogP contribution >= 0.6 is 22.2 Å². The van der Waals surface area contributed by atoms with Crippen LogP contribution in [0, 0.1) is 5.92 Å². The third kappa shape index (κ3) is 8.44. The van der Waals surface area contributed by atoms with E-state index in [1.54, 1.807) is 0 Å². The molecular formula is C8H16Cl2Si. The van der Waals surface area contributed by atoms with E-state index in [1.165, 1.54) is 0 Å². The van der Waals surface area contributed by atoms with Crippen LogP contribution in [0.4, 0.5) is 0 Å². The van der Waals surface area contributed by atoms with E-state index < -0.39 is 7.42 Å². The Hall–Kier alpha value is 0.537. The van der Waals surface area contributed by atoms with Crippen LogP contribution in [0.15, 0.2) is 12.2 Å². The van der Waals surface area contributed by atoms with E-state index in [1.807, 2.05) is 0 Å². The first-order valence-corrected chi connectivity index (χ1v) is 8.42. The number of rotatable bonds is 5. The van der Waals surface area contributed by atoms with Gasteiger partial charge in [-0.1, -0.05) is 26.0 Å². The van der Waals surface area contributed by atoms with Gasteiger partial charge in [0.1, 0.15) is 0 Å². The van der Waals surface area contributed by atoms with Gasteiger partial charge in [0.25, 0.3) is 0 Å². The summed E-state index contributed by atoms with van der Waals surface area (Å²) in [6.45, 7) is 4.35. The Balaban J connectivity index is 3.36. The van der Waals surface area contributed by atoms with E-state index in [0.717, 1.165) is 18.9 Å². The molecule has 0 aliphatic heterocycles. The maximum absolute atomic E-state index is 5.74. The molecule has 0 radical (unpaired) electrons. The molecule has 0 N–H and O–H groups in total. The van der Waals surface area contributed by atoms with Crippen molar-refractivity contribution in [2.75, 3.05) is 0 Å². The van der Waals surface area contributed by atoms with Gasteiger partial charge in [0.05, 0.1) is 0 Å². The van der Waals surface area contributed by atoms with E-state index in [0.29, 0.717) is 5.92 Å². The molecule has 0 spiro atoms. The molecule has 0 saturated carbocycles. The van der Waals surface area contributed by atoms with Crippen LogP contribution in [0.25, 0.3) is 0 Å². The topological polar surface area (TPSA) is 0 Å². The van der Waals surface area contributed by atoms with Crippen LogP contribution in [0.3, 0.4) is 0 Å². The molecule has 1 atom stereocenters. The van der Waals surface area contributed by atoms with Gasteiger partial charge >= 0.3 is 0 Å². The molecule has 0 aromatic carbocycles. The molecule has 0 aromatic heterocycles. The van der Waals surface area contributed by atoms with Gasteiger partial charge in [-0.2, -0.15) is 22.2 Å². The highest BCUT2D eigenvalue weighted by Gasteiger charge is 2.03. The van der Waals surface area contributed by atoms with Gasteiger partial charge < -0.3 is 0 Å². The summed E-state index contributed by atoms with van der Waals surface area (Å²) in [4.78, 5) is 0. The Morgan fingerprint density at radius 3 is 2.55 bits per heavy atom. The Bertz CT molecular complexity index is 113. The van der Waals surface area contributed by atoms with Gasteiger partial charge in [-0.05, 0) is 24.8 Å². The molecule has 0 rings (SSSR count). The van der Waals surface area contributed by atoms with Gasteiger partial charge in [0, 0.05) is 0 Å². The van der Waals surface area contributed by atoms with Gasteiger partial charge in [0.15, 0.2) is 0 Å². The molecule has 0 amide bonds. The summed E-state index contributed by atoms with van der Waals surface area (Å²) in [7, 11) is -1.35. The van der Waals surface area contributed by atoms with Crippen molar-refractivity contribution < 1.29 is 0 Å². The minimum Gasteiger partial charge on any atom is -0.150 e. The summed E-state index contributed by atoms with van der Waals surface area (Å²) in [5.74, 6) is 0.641. The number of hydrogen-bond donors (Lipinski definition) is 0.